The average molecular weight is 208 g/mol. The van der Waals surface area contributed by atoms with Crippen molar-refractivity contribution in [2.75, 3.05) is 14.2 Å². The molecule has 0 aliphatic carbocycles. The molecule has 0 heterocycles. The lowest BCUT2D eigenvalue weighted by Gasteiger charge is -2.17. The largest absolute Gasteiger partial charge is 0.496 e. The zero-order valence-electron chi connectivity index (χ0n) is 9.28. The zero-order valence-corrected chi connectivity index (χ0v) is 9.28. The first-order valence-electron chi connectivity index (χ1n) is 4.66. The van der Waals surface area contributed by atoms with E-state index in [-0.39, 0.29) is 0 Å². The predicted octanol–water partition coefficient (Wildman–Crippen LogP) is 2.31. The summed E-state index contributed by atoms with van der Waals surface area (Å²) in [4.78, 5) is 0. The van der Waals surface area contributed by atoms with Gasteiger partial charge >= 0.3 is 0 Å². The van der Waals surface area contributed by atoms with Gasteiger partial charge in [0.1, 0.15) is 17.6 Å². The number of rotatable bonds is 4. The lowest BCUT2D eigenvalue weighted by atomic mass is 10.0. The molecule has 0 radical (unpaired) electrons. The molecule has 1 aromatic carbocycles. The Hall–Kier alpha value is -1.48. The van der Waals surface area contributed by atoms with Crippen molar-refractivity contribution in [3.63, 3.8) is 0 Å². The molecule has 0 aromatic heterocycles. The lowest BCUT2D eigenvalue weighted by molar-refractivity contribution is 0.205. The number of methoxy groups -OCH3 is 2. The highest BCUT2D eigenvalue weighted by Crippen LogP contribution is 2.36. The van der Waals surface area contributed by atoms with Gasteiger partial charge in [-0.15, -0.1) is 0 Å². The maximum Gasteiger partial charge on any atom is 0.128 e. The highest BCUT2D eigenvalue weighted by atomic mass is 16.5. The summed E-state index contributed by atoms with van der Waals surface area (Å²) in [6.45, 7) is 5.48. The molecule has 0 spiro atoms. The van der Waals surface area contributed by atoms with Gasteiger partial charge in [-0.2, -0.15) is 0 Å². The van der Waals surface area contributed by atoms with Gasteiger partial charge < -0.3 is 14.6 Å². The van der Waals surface area contributed by atoms with Gasteiger partial charge in [-0.25, -0.2) is 0 Å². The topological polar surface area (TPSA) is 38.7 Å². The molecule has 0 saturated carbocycles. The highest BCUT2D eigenvalue weighted by Gasteiger charge is 2.18. The second kappa shape index (κ2) is 4.84. The first kappa shape index (κ1) is 11.6. The van der Waals surface area contributed by atoms with Gasteiger partial charge in [0, 0.05) is 0 Å². The SMILES string of the molecule is C=C(C)C(O)c1c(OC)cccc1OC. The van der Waals surface area contributed by atoms with E-state index >= 15 is 0 Å². The van der Waals surface area contributed by atoms with Gasteiger partial charge in [-0.05, 0) is 24.6 Å². The average Bonchev–Trinajstić information content (AvgIpc) is 2.26. The first-order valence-corrected chi connectivity index (χ1v) is 4.66. The molecule has 0 saturated heterocycles. The third kappa shape index (κ3) is 2.30. The van der Waals surface area contributed by atoms with Crippen LogP contribution in [-0.4, -0.2) is 19.3 Å². The summed E-state index contributed by atoms with van der Waals surface area (Å²) in [6.07, 6.45) is -0.768. The molecule has 1 atom stereocenters. The second-order valence-electron chi connectivity index (χ2n) is 3.33. The fourth-order valence-electron chi connectivity index (χ4n) is 1.40. The van der Waals surface area contributed by atoms with E-state index in [1.165, 1.54) is 0 Å². The third-order valence-electron chi connectivity index (χ3n) is 2.21. The Balaban J connectivity index is 3.27. The molecule has 0 amide bonds. The standard InChI is InChI=1S/C12H16O3/c1-8(2)12(13)11-9(14-3)6-5-7-10(11)15-4/h5-7,12-13H,1H2,2-4H3. The molecule has 3 nitrogen and oxygen atoms in total. The number of hydrogen-bond donors (Lipinski definition) is 1. The fourth-order valence-corrected chi connectivity index (χ4v) is 1.40. The van der Waals surface area contributed by atoms with E-state index in [4.69, 9.17) is 9.47 Å². The van der Waals surface area contributed by atoms with Crippen LogP contribution in [0.4, 0.5) is 0 Å². The highest BCUT2D eigenvalue weighted by molar-refractivity contribution is 5.48. The quantitative estimate of drug-likeness (QED) is 0.772. The van der Waals surface area contributed by atoms with E-state index in [1.54, 1.807) is 33.3 Å². The first-order chi connectivity index (χ1) is 7.11. The molecular formula is C12H16O3. The minimum Gasteiger partial charge on any atom is -0.496 e. The summed E-state index contributed by atoms with van der Waals surface area (Å²) in [5, 5.41) is 9.96. The van der Waals surface area contributed by atoms with Gasteiger partial charge in [0.2, 0.25) is 0 Å². The molecule has 1 N–H and O–H groups in total. The Morgan fingerprint density at radius 1 is 1.27 bits per heavy atom. The summed E-state index contributed by atoms with van der Waals surface area (Å²) < 4.78 is 10.4. The Morgan fingerprint density at radius 2 is 1.73 bits per heavy atom. The molecular weight excluding hydrogens is 192 g/mol. The van der Waals surface area contributed by atoms with Crippen molar-refractivity contribution in [3.05, 3.63) is 35.9 Å². The number of aliphatic hydroxyl groups is 1. The van der Waals surface area contributed by atoms with Crippen molar-refractivity contribution in [2.24, 2.45) is 0 Å². The van der Waals surface area contributed by atoms with Crippen molar-refractivity contribution in [1.29, 1.82) is 0 Å². The van der Waals surface area contributed by atoms with Gasteiger partial charge in [-0.1, -0.05) is 12.6 Å². The van der Waals surface area contributed by atoms with Gasteiger partial charge in [0.05, 0.1) is 19.8 Å². The summed E-state index contributed by atoms with van der Waals surface area (Å²) >= 11 is 0. The molecule has 1 rings (SSSR count). The molecule has 0 aliphatic rings. The monoisotopic (exact) mass is 208 g/mol. The molecule has 15 heavy (non-hydrogen) atoms. The number of aliphatic hydroxyl groups excluding tert-OH is 1. The van der Waals surface area contributed by atoms with Crippen LogP contribution in [0.2, 0.25) is 0 Å². The van der Waals surface area contributed by atoms with E-state index in [1.807, 2.05) is 6.07 Å². The molecule has 0 bridgehead atoms. The van der Waals surface area contributed by atoms with Crippen LogP contribution in [0.1, 0.15) is 18.6 Å². The maximum atomic E-state index is 9.96. The third-order valence-corrected chi connectivity index (χ3v) is 2.21. The molecule has 3 heteroatoms. The molecule has 0 fully saturated rings. The number of ether oxygens (including phenoxy) is 2. The van der Waals surface area contributed by atoms with Crippen LogP contribution >= 0.6 is 0 Å². The fraction of sp³-hybridized carbons (Fsp3) is 0.333. The van der Waals surface area contributed by atoms with Crippen LogP contribution in [0.15, 0.2) is 30.4 Å². The Bertz CT molecular complexity index is 336. The van der Waals surface area contributed by atoms with Crippen molar-refractivity contribution in [1.82, 2.24) is 0 Å². The van der Waals surface area contributed by atoms with E-state index in [2.05, 4.69) is 6.58 Å². The Labute approximate surface area is 90.0 Å². The van der Waals surface area contributed by atoms with E-state index in [0.29, 0.717) is 22.6 Å². The maximum absolute atomic E-state index is 9.96. The van der Waals surface area contributed by atoms with Gasteiger partial charge in [0.25, 0.3) is 0 Å². The van der Waals surface area contributed by atoms with E-state index in [9.17, 15) is 5.11 Å². The van der Waals surface area contributed by atoms with Gasteiger partial charge in [0.15, 0.2) is 0 Å². The van der Waals surface area contributed by atoms with Crippen LogP contribution in [0, 0.1) is 0 Å². The van der Waals surface area contributed by atoms with Crippen molar-refractivity contribution >= 4 is 0 Å². The molecule has 1 unspecified atom stereocenters. The molecule has 0 aliphatic heterocycles. The minimum atomic E-state index is -0.768. The number of hydrogen-bond acceptors (Lipinski definition) is 3. The Kier molecular flexibility index (Phi) is 3.74. The molecule has 82 valence electrons. The summed E-state index contributed by atoms with van der Waals surface area (Å²) in [5.41, 5.74) is 1.27. The van der Waals surface area contributed by atoms with Crippen LogP contribution < -0.4 is 9.47 Å². The van der Waals surface area contributed by atoms with Crippen molar-refractivity contribution in [2.45, 2.75) is 13.0 Å². The second-order valence-corrected chi connectivity index (χ2v) is 3.33. The lowest BCUT2D eigenvalue weighted by Crippen LogP contribution is -2.04. The summed E-state index contributed by atoms with van der Waals surface area (Å²) in [6, 6.07) is 5.38. The normalized spacial score (nSPS) is 12.0. The van der Waals surface area contributed by atoms with E-state index < -0.39 is 6.10 Å². The van der Waals surface area contributed by atoms with Gasteiger partial charge in [-0.3, -0.25) is 0 Å². The zero-order chi connectivity index (χ0) is 11.4. The van der Waals surface area contributed by atoms with Crippen LogP contribution in [0.5, 0.6) is 11.5 Å². The number of benzene rings is 1. The Morgan fingerprint density at radius 3 is 2.07 bits per heavy atom. The smallest absolute Gasteiger partial charge is 0.128 e. The van der Waals surface area contributed by atoms with Crippen molar-refractivity contribution in [3.8, 4) is 11.5 Å². The molecule has 1 aromatic rings. The predicted molar refractivity (Wildman–Crippen MR) is 59.3 cm³/mol. The van der Waals surface area contributed by atoms with Crippen LogP contribution in [-0.2, 0) is 0 Å². The minimum absolute atomic E-state index is 0.602. The van der Waals surface area contributed by atoms with Crippen LogP contribution in [0.3, 0.4) is 0 Å². The summed E-state index contributed by atoms with van der Waals surface area (Å²) in [5.74, 6) is 1.20. The van der Waals surface area contributed by atoms with Crippen LogP contribution in [0.25, 0.3) is 0 Å². The summed E-state index contributed by atoms with van der Waals surface area (Å²) in [7, 11) is 3.12. The van der Waals surface area contributed by atoms with E-state index in [0.717, 1.165) is 0 Å². The van der Waals surface area contributed by atoms with Crippen molar-refractivity contribution < 1.29 is 14.6 Å².